The molecular formula is C18H14F3NO. The summed E-state index contributed by atoms with van der Waals surface area (Å²) in [5, 5.41) is 2.56. The van der Waals surface area contributed by atoms with Crippen LogP contribution < -0.4 is 5.32 Å². The van der Waals surface area contributed by atoms with Crippen LogP contribution in [0.5, 0.6) is 0 Å². The highest BCUT2D eigenvalue weighted by Gasteiger charge is 2.32. The molecule has 2 rings (SSSR count). The van der Waals surface area contributed by atoms with Crippen LogP contribution in [0.1, 0.15) is 32.6 Å². The fourth-order valence-corrected chi connectivity index (χ4v) is 2.13. The second kappa shape index (κ2) is 6.17. The third-order valence-electron chi connectivity index (χ3n) is 3.46. The van der Waals surface area contributed by atoms with Gasteiger partial charge in [-0.15, -0.1) is 6.42 Å². The molecule has 0 saturated heterocycles. The summed E-state index contributed by atoms with van der Waals surface area (Å²) in [6, 6.07) is 8.47. The molecule has 2 aromatic carbocycles. The molecule has 1 N–H and O–H groups in total. The lowest BCUT2D eigenvalue weighted by atomic mass is 10.0. The Labute approximate surface area is 132 Å². The number of rotatable bonds is 2. The van der Waals surface area contributed by atoms with Crippen molar-refractivity contribution in [3.8, 4) is 12.3 Å². The van der Waals surface area contributed by atoms with E-state index in [1.807, 2.05) is 6.92 Å². The molecule has 0 aliphatic heterocycles. The zero-order chi connectivity index (χ0) is 17.2. The summed E-state index contributed by atoms with van der Waals surface area (Å²) in [6.45, 7) is 3.18. The van der Waals surface area contributed by atoms with Crippen LogP contribution >= 0.6 is 0 Å². The molecule has 2 nitrogen and oxygen atoms in total. The summed E-state index contributed by atoms with van der Waals surface area (Å²) in [4.78, 5) is 12.2. The van der Waals surface area contributed by atoms with E-state index in [9.17, 15) is 18.0 Å². The van der Waals surface area contributed by atoms with Crippen LogP contribution in [0.15, 0.2) is 36.4 Å². The fourth-order valence-electron chi connectivity index (χ4n) is 2.13. The summed E-state index contributed by atoms with van der Waals surface area (Å²) in [5.41, 5.74) is 1.11. The fraction of sp³-hybridized carbons (Fsp3) is 0.167. The molecule has 0 aliphatic carbocycles. The van der Waals surface area contributed by atoms with E-state index in [-0.39, 0.29) is 11.1 Å². The Balaban J connectivity index is 2.30. The van der Waals surface area contributed by atoms with Crippen LogP contribution in [0.2, 0.25) is 0 Å². The first-order valence-electron chi connectivity index (χ1n) is 6.79. The van der Waals surface area contributed by atoms with E-state index >= 15 is 0 Å². The molecule has 0 aliphatic rings. The Morgan fingerprint density at radius 2 is 1.74 bits per heavy atom. The highest BCUT2D eigenvalue weighted by atomic mass is 19.4. The number of halogens is 3. The zero-order valence-corrected chi connectivity index (χ0v) is 12.6. The van der Waals surface area contributed by atoms with Crippen LogP contribution in [0.3, 0.4) is 0 Å². The van der Waals surface area contributed by atoms with Gasteiger partial charge in [-0.2, -0.15) is 13.2 Å². The first-order valence-corrected chi connectivity index (χ1v) is 6.79. The van der Waals surface area contributed by atoms with Crippen molar-refractivity contribution in [1.29, 1.82) is 0 Å². The van der Waals surface area contributed by atoms with Crippen LogP contribution in [-0.4, -0.2) is 5.91 Å². The predicted octanol–water partition coefficient (Wildman–Crippen LogP) is 4.56. The lowest BCUT2D eigenvalue weighted by Gasteiger charge is -2.12. The molecule has 0 fully saturated rings. The molecule has 0 heterocycles. The number of anilines is 1. The number of alkyl halides is 3. The van der Waals surface area contributed by atoms with Gasteiger partial charge in [0.05, 0.1) is 5.56 Å². The Bertz CT molecular complexity index is 801. The Morgan fingerprint density at radius 3 is 2.35 bits per heavy atom. The Kier molecular flexibility index (Phi) is 4.46. The molecular weight excluding hydrogens is 303 g/mol. The second-order valence-corrected chi connectivity index (χ2v) is 5.16. The van der Waals surface area contributed by atoms with Gasteiger partial charge in [0.1, 0.15) is 0 Å². The average molecular weight is 317 g/mol. The predicted molar refractivity (Wildman–Crippen MR) is 83.2 cm³/mol. The van der Waals surface area contributed by atoms with Crippen molar-refractivity contribution in [2.45, 2.75) is 20.0 Å². The van der Waals surface area contributed by atoms with E-state index in [1.54, 1.807) is 18.2 Å². The van der Waals surface area contributed by atoms with Gasteiger partial charge in [-0.1, -0.05) is 18.1 Å². The maximum absolute atomic E-state index is 12.9. The van der Waals surface area contributed by atoms with Crippen LogP contribution in [0.4, 0.5) is 18.9 Å². The van der Waals surface area contributed by atoms with E-state index < -0.39 is 17.6 Å². The highest BCUT2D eigenvalue weighted by Crippen LogP contribution is 2.32. The normalized spacial score (nSPS) is 11.0. The van der Waals surface area contributed by atoms with Crippen LogP contribution in [0, 0.1) is 26.2 Å². The maximum atomic E-state index is 12.9. The third kappa shape index (κ3) is 3.72. The zero-order valence-electron chi connectivity index (χ0n) is 12.6. The number of carbonyl (C=O) groups excluding carboxylic acids is 1. The summed E-state index contributed by atoms with van der Waals surface area (Å²) >= 11 is 0. The standard InChI is InChI=1S/C18H14F3NO/c1-4-13-9-15(8-6-11(13)2)22-17(23)14-7-5-12(3)16(10-14)18(19,20)21/h1,5-10H,2-3H3,(H,22,23). The van der Waals surface area contributed by atoms with Crippen molar-refractivity contribution in [2.24, 2.45) is 0 Å². The quantitative estimate of drug-likeness (QED) is 0.809. The Hall–Kier alpha value is -2.74. The number of terminal acetylenes is 1. The molecule has 5 heteroatoms. The number of hydrogen-bond acceptors (Lipinski definition) is 1. The number of aryl methyl sites for hydroxylation is 2. The molecule has 0 aromatic heterocycles. The summed E-state index contributed by atoms with van der Waals surface area (Å²) in [5.74, 6) is 1.86. The average Bonchev–Trinajstić information content (AvgIpc) is 2.48. The molecule has 23 heavy (non-hydrogen) atoms. The minimum Gasteiger partial charge on any atom is -0.322 e. The molecule has 2 aromatic rings. The summed E-state index contributed by atoms with van der Waals surface area (Å²) in [6.07, 6.45) is 0.859. The first kappa shape index (κ1) is 16.6. The van der Waals surface area contributed by atoms with E-state index in [0.29, 0.717) is 11.3 Å². The summed E-state index contributed by atoms with van der Waals surface area (Å²) < 4.78 is 38.7. The lowest BCUT2D eigenvalue weighted by molar-refractivity contribution is -0.138. The first-order chi connectivity index (χ1) is 10.7. The molecule has 0 unspecified atom stereocenters. The number of nitrogens with one attached hydrogen (secondary N) is 1. The molecule has 0 spiro atoms. The van der Waals surface area contributed by atoms with E-state index in [1.165, 1.54) is 19.1 Å². The van der Waals surface area contributed by atoms with Crippen molar-refractivity contribution in [2.75, 3.05) is 5.32 Å². The van der Waals surface area contributed by atoms with E-state index in [2.05, 4.69) is 11.2 Å². The van der Waals surface area contributed by atoms with E-state index in [4.69, 9.17) is 6.42 Å². The molecule has 0 atom stereocenters. The van der Waals surface area contributed by atoms with Crippen molar-refractivity contribution < 1.29 is 18.0 Å². The van der Waals surface area contributed by atoms with Gasteiger partial charge in [-0.25, -0.2) is 0 Å². The van der Waals surface area contributed by atoms with Gasteiger partial charge < -0.3 is 5.32 Å². The third-order valence-corrected chi connectivity index (χ3v) is 3.46. The molecule has 118 valence electrons. The molecule has 0 bridgehead atoms. The number of carbonyl (C=O) groups is 1. The number of benzene rings is 2. The highest BCUT2D eigenvalue weighted by molar-refractivity contribution is 6.04. The van der Waals surface area contributed by atoms with Gasteiger partial charge in [0.15, 0.2) is 0 Å². The Morgan fingerprint density at radius 1 is 1.09 bits per heavy atom. The van der Waals surface area contributed by atoms with E-state index in [0.717, 1.165) is 11.6 Å². The summed E-state index contributed by atoms with van der Waals surface area (Å²) in [7, 11) is 0. The van der Waals surface area contributed by atoms with Crippen molar-refractivity contribution in [1.82, 2.24) is 0 Å². The van der Waals surface area contributed by atoms with Gasteiger partial charge in [0, 0.05) is 16.8 Å². The minimum atomic E-state index is -4.50. The van der Waals surface area contributed by atoms with Gasteiger partial charge in [-0.3, -0.25) is 4.79 Å². The monoisotopic (exact) mass is 317 g/mol. The molecule has 1 amide bonds. The number of hydrogen-bond donors (Lipinski definition) is 1. The lowest BCUT2D eigenvalue weighted by Crippen LogP contribution is -2.15. The number of amides is 1. The second-order valence-electron chi connectivity index (χ2n) is 5.16. The smallest absolute Gasteiger partial charge is 0.322 e. The maximum Gasteiger partial charge on any atom is 0.416 e. The van der Waals surface area contributed by atoms with Crippen molar-refractivity contribution in [3.63, 3.8) is 0 Å². The largest absolute Gasteiger partial charge is 0.416 e. The SMILES string of the molecule is C#Cc1cc(NC(=O)c2ccc(C)c(C(F)(F)F)c2)ccc1C. The van der Waals surface area contributed by atoms with Crippen LogP contribution in [0.25, 0.3) is 0 Å². The van der Waals surface area contributed by atoms with Crippen LogP contribution in [-0.2, 0) is 6.18 Å². The molecule has 0 radical (unpaired) electrons. The molecule has 0 saturated carbocycles. The van der Waals surface area contributed by atoms with Gasteiger partial charge in [-0.05, 0) is 49.2 Å². The van der Waals surface area contributed by atoms with Crippen molar-refractivity contribution in [3.05, 3.63) is 64.2 Å². The topological polar surface area (TPSA) is 29.1 Å². The van der Waals surface area contributed by atoms with Gasteiger partial charge in [0.25, 0.3) is 5.91 Å². The minimum absolute atomic E-state index is 0.0641. The van der Waals surface area contributed by atoms with Gasteiger partial charge in [0.2, 0.25) is 0 Å². The van der Waals surface area contributed by atoms with Crippen molar-refractivity contribution >= 4 is 11.6 Å². The van der Waals surface area contributed by atoms with Gasteiger partial charge >= 0.3 is 6.18 Å².